The molecule has 6 nitrogen and oxygen atoms in total. The summed E-state index contributed by atoms with van der Waals surface area (Å²) in [7, 11) is 1.50. The van der Waals surface area contributed by atoms with E-state index in [-0.39, 0.29) is 22.3 Å². The fourth-order valence-electron chi connectivity index (χ4n) is 2.88. The van der Waals surface area contributed by atoms with E-state index in [0.29, 0.717) is 30.2 Å². The second-order valence-electron chi connectivity index (χ2n) is 5.69. The Balaban J connectivity index is 2.00. The zero-order valence-corrected chi connectivity index (χ0v) is 14.8. The van der Waals surface area contributed by atoms with Crippen LogP contribution in [0.5, 0.6) is 17.2 Å². The van der Waals surface area contributed by atoms with Crippen molar-refractivity contribution >= 4 is 17.5 Å². The minimum atomic E-state index is -0.600. The highest BCUT2D eigenvalue weighted by Crippen LogP contribution is 2.43. The number of ether oxygens (including phenoxy) is 1. The first-order valence-corrected chi connectivity index (χ1v) is 8.91. The lowest BCUT2D eigenvalue weighted by molar-refractivity contribution is 0.370. The summed E-state index contributed by atoms with van der Waals surface area (Å²) in [6.07, 6.45) is 0.396. The number of methoxy groups -OCH3 is 1. The van der Waals surface area contributed by atoms with Crippen LogP contribution in [0, 0.1) is 6.92 Å². The number of phenols is 1. The Morgan fingerprint density at radius 1 is 1.36 bits per heavy atom. The second kappa shape index (κ2) is 7.23. The maximum atomic E-state index is 12.2. The minimum Gasteiger partial charge on any atom is -0.507 e. The Morgan fingerprint density at radius 3 is 2.88 bits per heavy atom. The molecule has 1 aromatic heterocycles. The SMILES string of the molecule is COc1cccc([C@H]2CC(c3c(O)cc(C)oc3=O)=NCCS2)c1O. The largest absolute Gasteiger partial charge is 0.507 e. The molecule has 2 N–H and O–H groups in total. The van der Waals surface area contributed by atoms with Gasteiger partial charge in [0.15, 0.2) is 11.5 Å². The van der Waals surface area contributed by atoms with Gasteiger partial charge in [0.1, 0.15) is 17.1 Å². The van der Waals surface area contributed by atoms with Gasteiger partial charge in [-0.05, 0) is 13.0 Å². The molecule has 2 heterocycles. The summed E-state index contributed by atoms with van der Waals surface area (Å²) in [5, 5.41) is 20.5. The van der Waals surface area contributed by atoms with Crippen molar-refractivity contribution in [3.8, 4) is 17.2 Å². The van der Waals surface area contributed by atoms with E-state index in [9.17, 15) is 15.0 Å². The molecule has 2 aromatic rings. The average molecular weight is 361 g/mol. The third-order valence-corrected chi connectivity index (χ3v) is 5.27. The van der Waals surface area contributed by atoms with Crippen LogP contribution in [0.2, 0.25) is 0 Å². The molecule has 132 valence electrons. The molecule has 1 aromatic carbocycles. The van der Waals surface area contributed by atoms with Crippen LogP contribution in [0.3, 0.4) is 0 Å². The highest BCUT2D eigenvalue weighted by Gasteiger charge is 2.26. The summed E-state index contributed by atoms with van der Waals surface area (Å²) < 4.78 is 10.3. The molecule has 0 radical (unpaired) electrons. The van der Waals surface area contributed by atoms with Crippen molar-refractivity contribution in [2.75, 3.05) is 19.4 Å². The van der Waals surface area contributed by atoms with Crippen molar-refractivity contribution < 1.29 is 19.4 Å². The Kier molecular flexibility index (Phi) is 5.03. The van der Waals surface area contributed by atoms with E-state index < -0.39 is 5.63 Å². The van der Waals surface area contributed by atoms with Crippen molar-refractivity contribution in [2.24, 2.45) is 4.99 Å². The van der Waals surface area contributed by atoms with Crippen LogP contribution in [-0.4, -0.2) is 35.3 Å². The van der Waals surface area contributed by atoms with Gasteiger partial charge in [-0.25, -0.2) is 4.79 Å². The first kappa shape index (κ1) is 17.4. The number of nitrogens with zero attached hydrogens (tertiary/aromatic N) is 1. The van der Waals surface area contributed by atoms with E-state index >= 15 is 0 Å². The molecule has 0 unspecified atom stereocenters. The van der Waals surface area contributed by atoms with Gasteiger partial charge in [-0.1, -0.05) is 12.1 Å². The molecule has 0 saturated heterocycles. The first-order valence-electron chi connectivity index (χ1n) is 7.86. The van der Waals surface area contributed by atoms with Gasteiger partial charge >= 0.3 is 5.63 Å². The maximum Gasteiger partial charge on any atom is 0.348 e. The highest BCUT2D eigenvalue weighted by atomic mass is 32.2. The molecular formula is C18H19NO5S. The summed E-state index contributed by atoms with van der Waals surface area (Å²) >= 11 is 1.64. The Labute approximate surface area is 149 Å². The van der Waals surface area contributed by atoms with Crippen LogP contribution >= 0.6 is 11.8 Å². The lowest BCUT2D eigenvalue weighted by Crippen LogP contribution is -2.17. The van der Waals surface area contributed by atoms with Gasteiger partial charge in [-0.3, -0.25) is 4.99 Å². The molecule has 1 atom stereocenters. The summed E-state index contributed by atoms with van der Waals surface area (Å²) in [6, 6.07) is 6.74. The summed E-state index contributed by atoms with van der Waals surface area (Å²) in [5.74, 6) is 1.44. The molecule has 25 heavy (non-hydrogen) atoms. The molecule has 0 bridgehead atoms. The van der Waals surface area contributed by atoms with E-state index in [1.807, 2.05) is 12.1 Å². The molecule has 1 aliphatic heterocycles. The van der Waals surface area contributed by atoms with Crippen LogP contribution in [0.15, 0.2) is 38.5 Å². The van der Waals surface area contributed by atoms with Gasteiger partial charge in [0.25, 0.3) is 0 Å². The summed E-state index contributed by atoms with van der Waals surface area (Å²) in [4.78, 5) is 16.7. The molecular weight excluding hydrogens is 342 g/mol. The van der Waals surface area contributed by atoms with Crippen molar-refractivity contribution in [1.29, 1.82) is 0 Å². The number of aliphatic imine (C=N–C) groups is 1. The molecule has 0 saturated carbocycles. The fraction of sp³-hybridized carbons (Fsp3) is 0.333. The number of hydrogen-bond donors (Lipinski definition) is 2. The van der Waals surface area contributed by atoms with Gasteiger partial charge in [-0.15, -0.1) is 0 Å². The zero-order valence-electron chi connectivity index (χ0n) is 14.0. The third-order valence-electron chi connectivity index (χ3n) is 4.03. The zero-order chi connectivity index (χ0) is 18.0. The minimum absolute atomic E-state index is 0.0870. The van der Waals surface area contributed by atoms with Crippen LogP contribution in [0.1, 0.15) is 28.6 Å². The Morgan fingerprint density at radius 2 is 2.16 bits per heavy atom. The van der Waals surface area contributed by atoms with Crippen molar-refractivity contribution in [2.45, 2.75) is 18.6 Å². The molecule has 0 fully saturated rings. The van der Waals surface area contributed by atoms with Gasteiger partial charge in [-0.2, -0.15) is 11.8 Å². The van der Waals surface area contributed by atoms with Crippen molar-refractivity contribution in [3.05, 3.63) is 51.6 Å². The van der Waals surface area contributed by atoms with Gasteiger partial charge < -0.3 is 19.4 Å². The van der Waals surface area contributed by atoms with Crippen LogP contribution in [0.25, 0.3) is 0 Å². The number of para-hydroxylation sites is 1. The number of aryl methyl sites for hydroxylation is 1. The Bertz CT molecular complexity index is 874. The fourth-order valence-corrected chi connectivity index (χ4v) is 4.01. The number of rotatable bonds is 3. The van der Waals surface area contributed by atoms with Crippen LogP contribution in [0.4, 0.5) is 0 Å². The van der Waals surface area contributed by atoms with Crippen molar-refractivity contribution in [1.82, 2.24) is 0 Å². The van der Waals surface area contributed by atoms with E-state index in [4.69, 9.17) is 9.15 Å². The number of hydrogen-bond acceptors (Lipinski definition) is 7. The predicted octanol–water partition coefficient (Wildman–Crippen LogP) is 3.04. The quantitative estimate of drug-likeness (QED) is 0.873. The lowest BCUT2D eigenvalue weighted by Gasteiger charge is -2.18. The number of phenolic OH excluding ortho intramolecular Hbond substituents is 1. The topological polar surface area (TPSA) is 92.3 Å². The number of thioether (sulfide) groups is 1. The van der Waals surface area contributed by atoms with Gasteiger partial charge in [0.2, 0.25) is 0 Å². The second-order valence-corrected chi connectivity index (χ2v) is 7.01. The van der Waals surface area contributed by atoms with Gasteiger partial charge in [0.05, 0.1) is 12.8 Å². The van der Waals surface area contributed by atoms with E-state index in [1.165, 1.54) is 13.2 Å². The molecule has 0 amide bonds. The predicted molar refractivity (Wildman–Crippen MR) is 97.3 cm³/mol. The molecule has 7 heteroatoms. The number of benzene rings is 1. The maximum absolute atomic E-state index is 12.2. The molecule has 0 spiro atoms. The smallest absolute Gasteiger partial charge is 0.348 e. The van der Waals surface area contributed by atoms with Crippen LogP contribution < -0.4 is 10.4 Å². The van der Waals surface area contributed by atoms with E-state index in [0.717, 1.165) is 11.3 Å². The van der Waals surface area contributed by atoms with Crippen LogP contribution in [-0.2, 0) is 0 Å². The van der Waals surface area contributed by atoms with E-state index in [1.54, 1.807) is 24.8 Å². The van der Waals surface area contributed by atoms with E-state index in [2.05, 4.69) is 4.99 Å². The third kappa shape index (κ3) is 3.51. The standard InChI is InChI=1S/C18H19NO5S/c1-10-8-13(20)16(18(22)24-10)12-9-15(25-7-6-19-12)11-4-3-5-14(23-2)17(11)21/h3-5,8,15,20-21H,6-7,9H2,1-2H3/t15-/m1/s1. The normalized spacial score (nSPS) is 17.7. The van der Waals surface area contributed by atoms with Gasteiger partial charge in [0, 0.05) is 35.6 Å². The average Bonchev–Trinajstić information content (AvgIpc) is 2.80. The molecule has 3 rings (SSSR count). The van der Waals surface area contributed by atoms with Crippen molar-refractivity contribution in [3.63, 3.8) is 0 Å². The monoisotopic (exact) mass is 361 g/mol. The highest BCUT2D eigenvalue weighted by molar-refractivity contribution is 7.99. The lowest BCUT2D eigenvalue weighted by atomic mass is 10.0. The number of aromatic hydroxyl groups is 2. The molecule has 1 aliphatic rings. The molecule has 0 aliphatic carbocycles. The Hall–Kier alpha value is -2.41. The summed E-state index contributed by atoms with van der Waals surface area (Å²) in [5.41, 5.74) is 0.704. The summed E-state index contributed by atoms with van der Waals surface area (Å²) in [6.45, 7) is 2.13. The first-order chi connectivity index (χ1) is 12.0.